The van der Waals surface area contributed by atoms with Crippen molar-refractivity contribution >= 4 is 5.97 Å². The lowest BCUT2D eigenvalue weighted by molar-refractivity contribution is -0.163. The summed E-state index contributed by atoms with van der Waals surface area (Å²) < 4.78 is 63.8. The van der Waals surface area contributed by atoms with E-state index in [4.69, 9.17) is 13.9 Å². The molecule has 0 aliphatic heterocycles. The van der Waals surface area contributed by atoms with Crippen molar-refractivity contribution in [1.29, 1.82) is 0 Å². The quantitative estimate of drug-likeness (QED) is 0.513. The molecule has 1 N–H and O–H groups in total. The summed E-state index contributed by atoms with van der Waals surface area (Å²) in [4.78, 5) is 15.4. The second-order valence-electron chi connectivity index (χ2n) is 8.68. The highest BCUT2D eigenvalue weighted by atomic mass is 19.2. The van der Waals surface area contributed by atoms with Crippen LogP contribution in [-0.2, 0) is 20.9 Å². The maximum absolute atomic E-state index is 14.6. The number of carboxylic acid groups (broad SMARTS) is 1. The average Bonchev–Trinajstić information content (AvgIpc) is 3.14. The van der Waals surface area contributed by atoms with Gasteiger partial charge >= 0.3 is 5.97 Å². The number of benzene rings is 1. The fourth-order valence-corrected chi connectivity index (χ4v) is 3.72. The fourth-order valence-electron chi connectivity index (χ4n) is 3.72. The lowest BCUT2D eigenvalue weighted by Gasteiger charge is -2.31. The highest BCUT2D eigenvalue weighted by molar-refractivity contribution is 5.76. The first-order valence-corrected chi connectivity index (χ1v) is 10.7. The number of carboxylic acids is 1. The second kappa shape index (κ2) is 10.1. The Labute approximate surface area is 189 Å². The summed E-state index contributed by atoms with van der Waals surface area (Å²) in [6, 6.07) is 0.674. The van der Waals surface area contributed by atoms with Crippen LogP contribution >= 0.6 is 0 Å². The van der Waals surface area contributed by atoms with E-state index in [0.717, 1.165) is 26.4 Å². The number of methoxy groups -OCH3 is 1. The Morgan fingerprint density at radius 3 is 2.67 bits per heavy atom. The normalized spacial score (nSPS) is 19.0. The van der Waals surface area contributed by atoms with Gasteiger partial charge in [0.25, 0.3) is 0 Å². The number of aromatic nitrogens is 1. The number of aryl methyl sites for hydroxylation is 1. The third-order valence-corrected chi connectivity index (χ3v) is 5.83. The third kappa shape index (κ3) is 5.67. The molecule has 1 aromatic carbocycles. The Morgan fingerprint density at radius 2 is 2.00 bits per heavy atom. The Hall–Kier alpha value is -2.59. The monoisotopic (exact) mass is 471 g/mol. The lowest BCUT2D eigenvalue weighted by atomic mass is 9.87. The van der Waals surface area contributed by atoms with Gasteiger partial charge in [0.15, 0.2) is 23.0 Å². The van der Waals surface area contributed by atoms with E-state index in [0.29, 0.717) is 30.5 Å². The highest BCUT2D eigenvalue weighted by Crippen LogP contribution is 2.34. The van der Waals surface area contributed by atoms with Gasteiger partial charge in [-0.15, -0.1) is 0 Å². The molecule has 0 bridgehead atoms. The number of carbonyl (C=O) groups is 1. The number of rotatable bonds is 9. The first-order valence-electron chi connectivity index (χ1n) is 10.7. The molecule has 182 valence electrons. The van der Waals surface area contributed by atoms with Gasteiger partial charge in [0, 0.05) is 0 Å². The van der Waals surface area contributed by atoms with Gasteiger partial charge in [0.05, 0.1) is 32.0 Å². The summed E-state index contributed by atoms with van der Waals surface area (Å²) in [5.74, 6) is -5.34. The minimum atomic E-state index is -1.42. The van der Waals surface area contributed by atoms with Crippen LogP contribution in [0.4, 0.5) is 13.2 Å². The van der Waals surface area contributed by atoms with Gasteiger partial charge in [-0.05, 0) is 52.0 Å². The van der Waals surface area contributed by atoms with Crippen molar-refractivity contribution in [2.24, 2.45) is 5.92 Å². The maximum atomic E-state index is 14.6. The molecule has 1 heterocycles. The van der Waals surface area contributed by atoms with Crippen LogP contribution in [-0.4, -0.2) is 41.5 Å². The summed E-state index contributed by atoms with van der Waals surface area (Å²) in [7, 11) is 1.04. The van der Waals surface area contributed by atoms with Gasteiger partial charge in [-0.3, -0.25) is 0 Å². The number of nitrogens with zero attached hydrogens (tertiary/aromatic N) is 1. The van der Waals surface area contributed by atoms with Crippen molar-refractivity contribution in [3.63, 3.8) is 0 Å². The lowest BCUT2D eigenvalue weighted by Crippen LogP contribution is -2.37. The molecule has 0 spiro atoms. The van der Waals surface area contributed by atoms with Crippen LogP contribution in [0.25, 0.3) is 11.5 Å². The summed E-state index contributed by atoms with van der Waals surface area (Å²) in [6.45, 7) is 5.07. The van der Waals surface area contributed by atoms with E-state index in [2.05, 4.69) is 9.72 Å². The number of aliphatic carboxylic acids is 1. The molecular weight excluding hydrogens is 443 g/mol. The Balaban J connectivity index is 1.64. The molecule has 1 aromatic heterocycles. The zero-order chi connectivity index (χ0) is 24.3. The van der Waals surface area contributed by atoms with Gasteiger partial charge in [-0.25, -0.2) is 18.6 Å². The number of oxazole rings is 1. The van der Waals surface area contributed by atoms with Gasteiger partial charge in [0.2, 0.25) is 11.7 Å². The van der Waals surface area contributed by atoms with Gasteiger partial charge < -0.3 is 23.7 Å². The molecule has 1 saturated carbocycles. The van der Waals surface area contributed by atoms with Crippen molar-refractivity contribution in [2.45, 2.75) is 64.8 Å². The smallest absolute Gasteiger partial charge is 0.335 e. The molecular formula is C23H28F3NO6. The Kier molecular flexibility index (Phi) is 7.69. The Bertz CT molecular complexity index is 1010. The van der Waals surface area contributed by atoms with E-state index in [1.807, 2.05) is 0 Å². The third-order valence-electron chi connectivity index (χ3n) is 5.83. The molecule has 1 aliphatic carbocycles. The minimum Gasteiger partial charge on any atom is -0.491 e. The van der Waals surface area contributed by atoms with Crippen molar-refractivity contribution < 1.29 is 41.7 Å². The predicted molar refractivity (Wildman–Crippen MR) is 111 cm³/mol. The minimum absolute atomic E-state index is 0.0834. The van der Waals surface area contributed by atoms with E-state index in [1.165, 1.54) is 13.8 Å². The number of halogens is 3. The molecule has 2 atom stereocenters. The molecule has 33 heavy (non-hydrogen) atoms. The molecule has 1 unspecified atom stereocenters. The topological polar surface area (TPSA) is 91.0 Å². The van der Waals surface area contributed by atoms with Crippen molar-refractivity contribution in [3.05, 3.63) is 35.0 Å². The van der Waals surface area contributed by atoms with E-state index in [-0.39, 0.29) is 30.1 Å². The van der Waals surface area contributed by atoms with E-state index in [1.54, 1.807) is 6.92 Å². The molecule has 10 heteroatoms. The molecule has 2 aromatic rings. The predicted octanol–water partition coefficient (Wildman–Crippen LogP) is 5.03. The van der Waals surface area contributed by atoms with Gasteiger partial charge in [-0.2, -0.15) is 4.39 Å². The van der Waals surface area contributed by atoms with E-state index in [9.17, 15) is 23.1 Å². The van der Waals surface area contributed by atoms with Gasteiger partial charge in [0.1, 0.15) is 11.5 Å². The summed E-state index contributed by atoms with van der Waals surface area (Å²) in [6.07, 6.45) is 3.28. The molecule has 1 aliphatic rings. The van der Waals surface area contributed by atoms with Crippen LogP contribution in [0.1, 0.15) is 51.0 Å². The van der Waals surface area contributed by atoms with Crippen LogP contribution < -0.4 is 4.74 Å². The van der Waals surface area contributed by atoms with Gasteiger partial charge in [-0.1, -0.05) is 6.42 Å². The molecule has 1 fully saturated rings. The summed E-state index contributed by atoms with van der Waals surface area (Å²) >= 11 is 0. The zero-order valence-electron chi connectivity index (χ0n) is 19.0. The van der Waals surface area contributed by atoms with Crippen LogP contribution in [0, 0.1) is 30.3 Å². The molecule has 3 rings (SSSR count). The second-order valence-corrected chi connectivity index (χ2v) is 8.68. The molecule has 0 amide bonds. The summed E-state index contributed by atoms with van der Waals surface area (Å²) in [5, 5.41) is 9.18. The van der Waals surface area contributed by atoms with Crippen LogP contribution in [0.5, 0.6) is 5.75 Å². The average molecular weight is 471 g/mol. The maximum Gasteiger partial charge on any atom is 0.335 e. The largest absolute Gasteiger partial charge is 0.491 e. The van der Waals surface area contributed by atoms with Crippen molar-refractivity contribution in [2.75, 3.05) is 13.7 Å². The number of hydrogen-bond donors (Lipinski definition) is 1. The molecule has 0 radical (unpaired) electrons. The highest BCUT2D eigenvalue weighted by Gasteiger charge is 2.31. The number of hydrogen-bond acceptors (Lipinski definition) is 6. The number of ether oxygens (including phenoxy) is 3. The fraction of sp³-hybridized carbons (Fsp3) is 0.565. The van der Waals surface area contributed by atoms with Crippen LogP contribution in [0.15, 0.2) is 10.5 Å². The standard InChI is InChI=1S/C23H28F3NO6/c1-12-17(27-21(33-12)15-9-16(24)19(26)20(30-4)18(15)25)11-31-14-7-5-6-13(8-14)10-32-23(2,3)22(28)29/h9,13-14H,5-8,10-11H2,1-4H3,(H,28,29)/t13?,14-/m0/s1. The van der Waals surface area contributed by atoms with Crippen molar-refractivity contribution in [3.8, 4) is 17.2 Å². The first-order chi connectivity index (χ1) is 15.5. The van der Waals surface area contributed by atoms with Crippen LogP contribution in [0.2, 0.25) is 0 Å². The van der Waals surface area contributed by atoms with E-state index < -0.39 is 34.8 Å². The Morgan fingerprint density at radius 1 is 1.27 bits per heavy atom. The SMILES string of the molecule is COc1c(F)c(F)cc(-c2nc(CO[C@H]3CCCC(COC(C)(C)C(=O)O)C3)c(C)o2)c1F. The van der Waals surface area contributed by atoms with Crippen LogP contribution in [0.3, 0.4) is 0 Å². The molecule has 0 saturated heterocycles. The first kappa shape index (κ1) is 25.0. The summed E-state index contributed by atoms with van der Waals surface area (Å²) in [5.41, 5.74) is -1.19. The van der Waals surface area contributed by atoms with Crippen molar-refractivity contribution in [1.82, 2.24) is 4.98 Å². The zero-order valence-corrected chi connectivity index (χ0v) is 19.0. The molecule has 7 nitrogen and oxygen atoms in total. The van der Waals surface area contributed by atoms with E-state index >= 15 is 0 Å².